The number of hydrogen-bond donors (Lipinski definition) is 2. The first-order valence-corrected chi connectivity index (χ1v) is 11.5. The highest BCUT2D eigenvalue weighted by Gasteiger charge is 2.28. The van der Waals surface area contributed by atoms with Crippen molar-refractivity contribution in [3.05, 3.63) is 47.2 Å². The summed E-state index contributed by atoms with van der Waals surface area (Å²) in [5, 5.41) is 16.4. The molecule has 2 N–H and O–H groups in total. The fourth-order valence-corrected chi connectivity index (χ4v) is 5.12. The van der Waals surface area contributed by atoms with Gasteiger partial charge in [-0.05, 0) is 50.8 Å². The molecule has 1 saturated carbocycles. The van der Waals surface area contributed by atoms with Gasteiger partial charge in [-0.15, -0.1) is 0 Å². The highest BCUT2D eigenvalue weighted by molar-refractivity contribution is 5.93. The lowest BCUT2D eigenvalue weighted by atomic mass is 9.95. The quantitative estimate of drug-likeness (QED) is 0.717. The van der Waals surface area contributed by atoms with E-state index in [2.05, 4.69) is 45.2 Å². The van der Waals surface area contributed by atoms with E-state index < -0.39 is 0 Å². The number of carbonyl (C=O) groups excluding carboxylic acids is 1. The molecule has 164 valence electrons. The number of carbonyl (C=O) groups is 1. The zero-order valence-corrected chi connectivity index (χ0v) is 18.7. The van der Waals surface area contributed by atoms with Crippen molar-refractivity contribution in [1.82, 2.24) is 9.47 Å². The molecule has 0 radical (unpaired) electrons. The number of benzene rings is 1. The number of nitrogens with zero attached hydrogens (tertiary/aromatic N) is 3. The van der Waals surface area contributed by atoms with Crippen LogP contribution in [0.3, 0.4) is 0 Å². The number of nitrogens with one attached hydrogen (secondary N) is 2. The molecule has 1 aromatic heterocycles. The fourth-order valence-electron chi connectivity index (χ4n) is 5.12. The van der Waals surface area contributed by atoms with E-state index in [1.807, 2.05) is 25.1 Å². The van der Waals surface area contributed by atoms with Gasteiger partial charge >= 0.3 is 0 Å². The van der Waals surface area contributed by atoms with E-state index in [0.29, 0.717) is 30.0 Å². The van der Waals surface area contributed by atoms with Crippen LogP contribution in [-0.2, 0) is 4.79 Å². The molecule has 1 aromatic carbocycles. The summed E-state index contributed by atoms with van der Waals surface area (Å²) >= 11 is 0. The number of likely N-dealkylation sites (tertiary alicyclic amines) is 1. The zero-order chi connectivity index (χ0) is 21.8. The average Bonchev–Trinajstić information content (AvgIpc) is 3.31. The molecule has 0 bridgehead atoms. The van der Waals surface area contributed by atoms with Crippen LogP contribution < -0.4 is 10.6 Å². The summed E-state index contributed by atoms with van der Waals surface area (Å²) in [5.74, 6) is 0.666. The maximum Gasteiger partial charge on any atom is 0.239 e. The van der Waals surface area contributed by atoms with E-state index in [9.17, 15) is 10.1 Å². The Bertz CT molecular complexity index is 953. The number of rotatable bonds is 6. The molecule has 1 aliphatic heterocycles. The molecule has 1 atom stereocenters. The van der Waals surface area contributed by atoms with Gasteiger partial charge in [-0.1, -0.05) is 37.5 Å². The van der Waals surface area contributed by atoms with Crippen LogP contribution in [-0.4, -0.2) is 41.1 Å². The Balaban J connectivity index is 1.42. The van der Waals surface area contributed by atoms with Gasteiger partial charge in [0, 0.05) is 36.6 Å². The molecule has 1 unspecified atom stereocenters. The summed E-state index contributed by atoms with van der Waals surface area (Å²) in [4.78, 5) is 15.2. The normalized spacial score (nSPS) is 19.8. The summed E-state index contributed by atoms with van der Waals surface area (Å²) < 4.78 is 2.23. The van der Waals surface area contributed by atoms with Gasteiger partial charge in [-0.2, -0.15) is 5.26 Å². The molecule has 1 aliphatic carbocycles. The third-order valence-electron chi connectivity index (χ3n) is 6.85. The van der Waals surface area contributed by atoms with Crippen molar-refractivity contribution in [3.63, 3.8) is 0 Å². The van der Waals surface area contributed by atoms with Crippen LogP contribution in [0.5, 0.6) is 0 Å². The third kappa shape index (κ3) is 4.77. The van der Waals surface area contributed by atoms with Gasteiger partial charge in [-0.3, -0.25) is 9.69 Å². The predicted octanol–water partition coefficient (Wildman–Crippen LogP) is 4.61. The zero-order valence-electron chi connectivity index (χ0n) is 18.7. The van der Waals surface area contributed by atoms with E-state index in [0.717, 1.165) is 49.3 Å². The number of aromatic nitrogens is 1. The minimum Gasteiger partial charge on any atom is -0.381 e. The molecule has 31 heavy (non-hydrogen) atoms. The molecule has 1 amide bonds. The number of hydrogen-bond acceptors (Lipinski definition) is 4. The topological polar surface area (TPSA) is 73.1 Å². The number of amides is 1. The highest BCUT2D eigenvalue weighted by Crippen LogP contribution is 2.36. The Labute approximate surface area is 185 Å². The second-order valence-corrected chi connectivity index (χ2v) is 8.99. The third-order valence-corrected chi connectivity index (χ3v) is 6.85. The Kier molecular flexibility index (Phi) is 6.62. The molecular formula is C25H33N5O. The molecule has 6 heteroatoms. The molecule has 0 spiro atoms. The second kappa shape index (κ2) is 9.57. The first kappa shape index (κ1) is 21.5. The molecule has 6 nitrogen and oxygen atoms in total. The summed E-state index contributed by atoms with van der Waals surface area (Å²) in [6.07, 6.45) is 6.93. The highest BCUT2D eigenvalue weighted by atomic mass is 16.2. The number of anilines is 2. The van der Waals surface area contributed by atoms with Gasteiger partial charge < -0.3 is 15.2 Å². The second-order valence-electron chi connectivity index (χ2n) is 8.99. The Morgan fingerprint density at radius 2 is 1.87 bits per heavy atom. The van der Waals surface area contributed by atoms with Crippen molar-refractivity contribution in [2.75, 3.05) is 30.3 Å². The van der Waals surface area contributed by atoms with Gasteiger partial charge in [0.2, 0.25) is 5.91 Å². The van der Waals surface area contributed by atoms with Gasteiger partial charge in [0.1, 0.15) is 11.9 Å². The smallest absolute Gasteiger partial charge is 0.239 e. The van der Waals surface area contributed by atoms with Crippen molar-refractivity contribution in [2.45, 2.75) is 64.5 Å². The maximum absolute atomic E-state index is 13.0. The van der Waals surface area contributed by atoms with Gasteiger partial charge in [-0.25, -0.2) is 0 Å². The Hall–Kier alpha value is -2.78. The Morgan fingerprint density at radius 1 is 1.13 bits per heavy atom. The molecule has 1 saturated heterocycles. The largest absolute Gasteiger partial charge is 0.381 e. The van der Waals surface area contributed by atoms with Crippen molar-refractivity contribution < 1.29 is 4.79 Å². The van der Waals surface area contributed by atoms with E-state index in [1.54, 1.807) is 0 Å². The van der Waals surface area contributed by atoms with Crippen molar-refractivity contribution in [2.24, 2.45) is 0 Å². The number of para-hydroxylation sites is 1. The van der Waals surface area contributed by atoms with Crippen LogP contribution in [0.1, 0.15) is 61.4 Å². The van der Waals surface area contributed by atoms with Crippen LogP contribution in [0.25, 0.3) is 0 Å². The molecule has 2 fully saturated rings. The van der Waals surface area contributed by atoms with Crippen LogP contribution >= 0.6 is 0 Å². The Morgan fingerprint density at radius 3 is 2.58 bits per heavy atom. The first-order valence-electron chi connectivity index (χ1n) is 11.5. The molecule has 2 aliphatic rings. The lowest BCUT2D eigenvalue weighted by molar-refractivity contribution is -0.117. The van der Waals surface area contributed by atoms with Crippen LogP contribution in [0, 0.1) is 25.2 Å². The average molecular weight is 420 g/mol. The monoisotopic (exact) mass is 419 g/mol. The molecule has 2 heterocycles. The minimum absolute atomic E-state index is 0.0357. The summed E-state index contributed by atoms with van der Waals surface area (Å²) in [6.45, 7) is 6.15. The van der Waals surface area contributed by atoms with Crippen molar-refractivity contribution >= 4 is 17.4 Å². The van der Waals surface area contributed by atoms with Crippen LogP contribution in [0.2, 0.25) is 0 Å². The maximum atomic E-state index is 13.0. The van der Waals surface area contributed by atoms with E-state index >= 15 is 0 Å². The van der Waals surface area contributed by atoms with E-state index in [-0.39, 0.29) is 5.91 Å². The lowest BCUT2D eigenvalue weighted by Gasteiger charge is -2.27. The predicted molar refractivity (Wildman–Crippen MR) is 124 cm³/mol. The standard InChI is InChI=1S/C25H33N5O/c1-18-19(2)30(22-11-7-4-8-12-22)25(23(18)15-26)28-24(31)17-29-14-13-21(16-29)27-20-9-5-3-6-10-20/h3,5-6,9-10,21-22,27H,4,7-8,11-14,16-17H2,1-2H3,(H,28,31). The fraction of sp³-hybridized carbons (Fsp3) is 0.520. The van der Waals surface area contributed by atoms with E-state index in [1.165, 1.54) is 19.3 Å². The van der Waals surface area contributed by atoms with Gasteiger partial charge in [0.25, 0.3) is 0 Å². The summed E-state index contributed by atoms with van der Waals surface area (Å²) in [5.41, 5.74) is 3.82. The van der Waals surface area contributed by atoms with Crippen molar-refractivity contribution in [3.8, 4) is 6.07 Å². The van der Waals surface area contributed by atoms with E-state index in [4.69, 9.17) is 0 Å². The van der Waals surface area contributed by atoms with Crippen LogP contribution in [0.4, 0.5) is 11.5 Å². The first-order chi connectivity index (χ1) is 15.1. The summed E-state index contributed by atoms with van der Waals surface area (Å²) in [7, 11) is 0. The molecule has 2 aromatic rings. The molecular weight excluding hydrogens is 386 g/mol. The van der Waals surface area contributed by atoms with Gasteiger partial charge in [0.05, 0.1) is 12.1 Å². The summed E-state index contributed by atoms with van der Waals surface area (Å²) in [6, 6.07) is 13.3. The van der Waals surface area contributed by atoms with Crippen LogP contribution in [0.15, 0.2) is 30.3 Å². The number of nitriles is 1. The lowest BCUT2D eigenvalue weighted by Crippen LogP contribution is -2.34. The molecule has 4 rings (SSSR count). The van der Waals surface area contributed by atoms with Gasteiger partial charge in [0.15, 0.2) is 0 Å². The minimum atomic E-state index is -0.0357. The SMILES string of the molecule is Cc1c(C#N)c(NC(=O)CN2CCC(Nc3ccccc3)C2)n(C2CCCCC2)c1C. The van der Waals surface area contributed by atoms with Crippen molar-refractivity contribution in [1.29, 1.82) is 5.26 Å².